The minimum absolute atomic E-state index is 0.0698. The Morgan fingerprint density at radius 3 is 2.90 bits per heavy atom. The molecule has 2 aromatic heterocycles. The van der Waals surface area contributed by atoms with Crippen LogP contribution in [0.1, 0.15) is 47.6 Å². The van der Waals surface area contributed by atoms with Crippen LogP contribution in [-0.2, 0) is 6.54 Å². The zero-order valence-corrected chi connectivity index (χ0v) is 17.2. The molecule has 29 heavy (non-hydrogen) atoms. The molecule has 150 valence electrons. The first-order valence-corrected chi connectivity index (χ1v) is 9.84. The molecule has 0 aliphatic carbocycles. The van der Waals surface area contributed by atoms with Crippen molar-refractivity contribution in [1.29, 1.82) is 0 Å². The summed E-state index contributed by atoms with van der Waals surface area (Å²) < 4.78 is 5.64. The lowest BCUT2D eigenvalue weighted by molar-refractivity contribution is 0.280. The van der Waals surface area contributed by atoms with E-state index in [1.807, 2.05) is 37.3 Å². The molecule has 3 aromatic rings. The summed E-state index contributed by atoms with van der Waals surface area (Å²) in [5, 5.41) is 21.0. The fraction of sp³-hybridized carbons (Fsp3) is 0.350. The van der Waals surface area contributed by atoms with Crippen LogP contribution in [0, 0.1) is 13.8 Å². The molecule has 9 heteroatoms. The number of hydrogen-bond acceptors (Lipinski definition) is 7. The molecule has 1 aliphatic heterocycles. The van der Waals surface area contributed by atoms with Crippen molar-refractivity contribution in [3.8, 4) is 0 Å². The molecule has 1 aliphatic rings. The second-order valence-electron chi connectivity index (χ2n) is 7.05. The minimum Gasteiger partial charge on any atom is -0.423 e. The lowest BCUT2D eigenvalue weighted by Gasteiger charge is -2.24. The number of aryl methyl sites for hydroxylation is 2. The highest BCUT2D eigenvalue weighted by molar-refractivity contribution is 6.30. The van der Waals surface area contributed by atoms with Gasteiger partial charge in [-0.15, -0.1) is 20.4 Å². The zero-order chi connectivity index (χ0) is 20.4. The molecule has 0 spiro atoms. The average molecular weight is 412 g/mol. The Hall–Kier alpha value is -3.00. The summed E-state index contributed by atoms with van der Waals surface area (Å²) >= 11 is 6.20. The number of allylic oxidation sites excluding steroid dienone is 1. The van der Waals surface area contributed by atoms with Crippen molar-refractivity contribution >= 4 is 17.7 Å². The standard InChI is InChI=1S/C20H22ClN7O/c1-13(27-10-4-5-19(27)20-24-23-15(3)29-20)6-7-16-8-9-18(21)11-17(16)12-28-25-14(2)22-26-28/h6-9,11,19H,1,4-5,10,12H2,2-3H3/b7-6+/t19-/m0/s1. The van der Waals surface area contributed by atoms with Gasteiger partial charge in [-0.3, -0.25) is 0 Å². The Kier molecular flexibility index (Phi) is 5.44. The quantitative estimate of drug-likeness (QED) is 0.571. The van der Waals surface area contributed by atoms with E-state index < -0.39 is 0 Å². The maximum absolute atomic E-state index is 6.20. The van der Waals surface area contributed by atoms with Crippen molar-refractivity contribution < 1.29 is 4.42 Å². The number of benzene rings is 1. The van der Waals surface area contributed by atoms with Gasteiger partial charge in [0.25, 0.3) is 0 Å². The van der Waals surface area contributed by atoms with E-state index in [4.69, 9.17) is 16.0 Å². The molecule has 3 heterocycles. The van der Waals surface area contributed by atoms with Crippen LogP contribution < -0.4 is 0 Å². The van der Waals surface area contributed by atoms with Gasteiger partial charge in [0, 0.05) is 24.2 Å². The number of nitrogens with zero attached hydrogens (tertiary/aromatic N) is 7. The third-order valence-corrected chi connectivity index (χ3v) is 5.11. The first-order valence-electron chi connectivity index (χ1n) is 9.46. The zero-order valence-electron chi connectivity index (χ0n) is 16.4. The van der Waals surface area contributed by atoms with Gasteiger partial charge in [0.2, 0.25) is 11.8 Å². The summed E-state index contributed by atoms with van der Waals surface area (Å²) in [6.45, 7) is 9.26. The van der Waals surface area contributed by atoms with Crippen LogP contribution >= 0.6 is 11.6 Å². The molecule has 1 atom stereocenters. The molecule has 1 saturated heterocycles. The lowest BCUT2D eigenvalue weighted by Crippen LogP contribution is -2.21. The number of tetrazole rings is 1. The van der Waals surface area contributed by atoms with Gasteiger partial charge in [0.1, 0.15) is 6.04 Å². The van der Waals surface area contributed by atoms with Crippen molar-refractivity contribution in [2.24, 2.45) is 0 Å². The van der Waals surface area contributed by atoms with Gasteiger partial charge < -0.3 is 9.32 Å². The third kappa shape index (κ3) is 4.37. The number of aromatic nitrogens is 6. The Morgan fingerprint density at radius 1 is 1.31 bits per heavy atom. The predicted octanol–water partition coefficient (Wildman–Crippen LogP) is 3.74. The number of hydrogen-bond donors (Lipinski definition) is 0. The van der Waals surface area contributed by atoms with Crippen LogP contribution in [0.25, 0.3) is 6.08 Å². The molecular weight excluding hydrogens is 390 g/mol. The largest absolute Gasteiger partial charge is 0.423 e. The van der Waals surface area contributed by atoms with E-state index in [-0.39, 0.29) is 6.04 Å². The van der Waals surface area contributed by atoms with Gasteiger partial charge in [-0.05, 0) is 54.3 Å². The SMILES string of the molecule is C=C(/C=C/c1ccc(Cl)cc1Cn1nnc(C)n1)N1CCC[C@H]1c1nnc(C)o1. The summed E-state index contributed by atoms with van der Waals surface area (Å²) in [4.78, 5) is 3.77. The van der Waals surface area contributed by atoms with Crippen LogP contribution in [0.3, 0.4) is 0 Å². The van der Waals surface area contributed by atoms with E-state index in [1.54, 1.807) is 11.7 Å². The van der Waals surface area contributed by atoms with Crippen LogP contribution in [0.2, 0.25) is 5.02 Å². The summed E-state index contributed by atoms with van der Waals surface area (Å²) in [7, 11) is 0. The van der Waals surface area contributed by atoms with E-state index in [0.717, 1.165) is 36.2 Å². The summed E-state index contributed by atoms with van der Waals surface area (Å²) in [5.41, 5.74) is 2.93. The molecule has 0 amide bonds. The van der Waals surface area contributed by atoms with E-state index >= 15 is 0 Å². The van der Waals surface area contributed by atoms with Crippen LogP contribution in [0.4, 0.5) is 0 Å². The van der Waals surface area contributed by atoms with Crippen LogP contribution in [-0.4, -0.2) is 41.8 Å². The first kappa shape index (κ1) is 19.3. The van der Waals surface area contributed by atoms with Gasteiger partial charge in [0.05, 0.1) is 6.54 Å². The Labute approximate surface area is 173 Å². The lowest BCUT2D eigenvalue weighted by atomic mass is 10.1. The molecule has 8 nitrogen and oxygen atoms in total. The predicted molar refractivity (Wildman–Crippen MR) is 109 cm³/mol. The monoisotopic (exact) mass is 411 g/mol. The molecule has 0 N–H and O–H groups in total. The second kappa shape index (κ2) is 8.16. The summed E-state index contributed by atoms with van der Waals surface area (Å²) in [6, 6.07) is 5.84. The average Bonchev–Trinajstić information content (AvgIpc) is 3.42. The Morgan fingerprint density at radius 2 is 2.17 bits per heavy atom. The molecular formula is C20H22ClN7O. The fourth-order valence-electron chi connectivity index (χ4n) is 3.51. The summed E-state index contributed by atoms with van der Waals surface area (Å²) in [6.07, 6.45) is 6.07. The summed E-state index contributed by atoms with van der Waals surface area (Å²) in [5.74, 6) is 1.86. The normalized spacial score (nSPS) is 16.8. The van der Waals surface area contributed by atoms with Crippen molar-refractivity contribution in [2.75, 3.05) is 6.54 Å². The smallest absolute Gasteiger partial charge is 0.238 e. The maximum Gasteiger partial charge on any atom is 0.238 e. The van der Waals surface area contributed by atoms with Crippen molar-refractivity contribution in [2.45, 2.75) is 39.3 Å². The molecule has 0 saturated carbocycles. The molecule has 1 aromatic carbocycles. The number of likely N-dealkylation sites (tertiary alicyclic amines) is 1. The maximum atomic E-state index is 6.20. The van der Waals surface area contributed by atoms with Crippen molar-refractivity contribution in [3.63, 3.8) is 0 Å². The van der Waals surface area contributed by atoms with E-state index in [0.29, 0.717) is 29.2 Å². The van der Waals surface area contributed by atoms with Gasteiger partial charge in [-0.1, -0.05) is 30.3 Å². The molecule has 0 unspecified atom stereocenters. The molecule has 0 bridgehead atoms. The van der Waals surface area contributed by atoms with E-state index in [2.05, 4.69) is 37.1 Å². The molecule has 4 rings (SSSR count). The van der Waals surface area contributed by atoms with E-state index in [9.17, 15) is 0 Å². The van der Waals surface area contributed by atoms with Crippen molar-refractivity contribution in [1.82, 2.24) is 35.3 Å². The van der Waals surface area contributed by atoms with Crippen molar-refractivity contribution in [3.05, 3.63) is 70.3 Å². The van der Waals surface area contributed by atoms with Gasteiger partial charge in [-0.25, -0.2) is 0 Å². The van der Waals surface area contributed by atoms with Gasteiger partial charge >= 0.3 is 0 Å². The third-order valence-electron chi connectivity index (χ3n) is 4.87. The topological polar surface area (TPSA) is 85.8 Å². The van der Waals surface area contributed by atoms with E-state index in [1.165, 1.54) is 0 Å². The highest BCUT2D eigenvalue weighted by Crippen LogP contribution is 2.34. The highest BCUT2D eigenvalue weighted by atomic mass is 35.5. The van der Waals surface area contributed by atoms with Gasteiger partial charge in [-0.2, -0.15) is 4.80 Å². The molecule has 0 radical (unpaired) electrons. The Balaban J connectivity index is 1.53. The number of rotatable bonds is 6. The number of halogens is 1. The fourth-order valence-corrected chi connectivity index (χ4v) is 3.71. The highest BCUT2D eigenvalue weighted by Gasteiger charge is 2.30. The first-order chi connectivity index (χ1) is 14.0. The second-order valence-corrected chi connectivity index (χ2v) is 7.48. The molecule has 1 fully saturated rings. The van der Waals surface area contributed by atoms with Gasteiger partial charge in [0.15, 0.2) is 5.82 Å². The van der Waals surface area contributed by atoms with Crippen LogP contribution in [0.15, 0.2) is 41.0 Å². The van der Waals surface area contributed by atoms with Crippen LogP contribution in [0.5, 0.6) is 0 Å². The Bertz CT molecular complexity index is 1050. The minimum atomic E-state index is 0.0698.